The molecule has 1 rings (SSSR count). The Hall–Kier alpha value is -1.51. The third kappa shape index (κ3) is 3.27. The molecule has 0 spiro atoms. The Morgan fingerprint density at radius 2 is 2.13 bits per heavy atom. The molecule has 0 aliphatic rings. The third-order valence-corrected chi connectivity index (χ3v) is 2.02. The van der Waals surface area contributed by atoms with Crippen LogP contribution in [-0.4, -0.2) is 17.7 Å². The Labute approximate surface area is 89.7 Å². The molecule has 0 amide bonds. The summed E-state index contributed by atoms with van der Waals surface area (Å²) >= 11 is 0. The van der Waals surface area contributed by atoms with E-state index in [4.69, 9.17) is 9.84 Å². The lowest BCUT2D eigenvalue weighted by Gasteiger charge is -2.10. The van der Waals surface area contributed by atoms with Crippen molar-refractivity contribution in [3.8, 4) is 5.75 Å². The van der Waals surface area contributed by atoms with Gasteiger partial charge in [-0.2, -0.15) is 0 Å². The van der Waals surface area contributed by atoms with Crippen molar-refractivity contribution in [2.75, 3.05) is 6.61 Å². The zero-order valence-corrected chi connectivity index (χ0v) is 9.28. The van der Waals surface area contributed by atoms with Gasteiger partial charge in [0.1, 0.15) is 5.75 Å². The molecular weight excluding hydrogens is 192 g/mol. The van der Waals surface area contributed by atoms with Gasteiger partial charge < -0.3 is 9.84 Å². The maximum atomic E-state index is 10.9. The van der Waals surface area contributed by atoms with E-state index in [0.29, 0.717) is 23.8 Å². The summed E-state index contributed by atoms with van der Waals surface area (Å²) in [5.74, 6) is 0.133. The molecule has 0 aliphatic heterocycles. The Balaban J connectivity index is 2.83. The summed E-state index contributed by atoms with van der Waals surface area (Å²) in [4.78, 5) is 10.9. The predicted octanol–water partition coefficient (Wildman–Crippen LogP) is 2.73. The van der Waals surface area contributed by atoms with E-state index in [0.717, 1.165) is 5.56 Å². The molecule has 0 bridgehead atoms. The first kappa shape index (κ1) is 11.6. The average Bonchev–Trinajstić information content (AvgIpc) is 2.16. The van der Waals surface area contributed by atoms with Crippen molar-refractivity contribution in [1.29, 1.82) is 0 Å². The van der Waals surface area contributed by atoms with Crippen molar-refractivity contribution in [2.24, 2.45) is 5.92 Å². The van der Waals surface area contributed by atoms with Crippen molar-refractivity contribution in [3.63, 3.8) is 0 Å². The molecule has 0 aromatic heterocycles. The quantitative estimate of drug-likeness (QED) is 0.827. The molecular formula is C12H16O3. The summed E-state index contributed by atoms with van der Waals surface area (Å²) in [7, 11) is 0. The lowest BCUT2D eigenvalue weighted by molar-refractivity contribution is 0.0695. The van der Waals surface area contributed by atoms with Crippen LogP contribution < -0.4 is 4.74 Å². The van der Waals surface area contributed by atoms with E-state index in [2.05, 4.69) is 0 Å². The Bertz CT molecular complexity index is 356. The van der Waals surface area contributed by atoms with E-state index < -0.39 is 5.97 Å². The SMILES string of the molecule is Cc1ccc(OCC(C)C)cc1C(=O)O. The van der Waals surface area contributed by atoms with E-state index in [1.54, 1.807) is 25.1 Å². The van der Waals surface area contributed by atoms with Crippen LogP contribution in [0.5, 0.6) is 5.75 Å². The summed E-state index contributed by atoms with van der Waals surface area (Å²) < 4.78 is 5.45. The van der Waals surface area contributed by atoms with Crippen molar-refractivity contribution >= 4 is 5.97 Å². The normalized spacial score (nSPS) is 10.4. The van der Waals surface area contributed by atoms with Crippen LogP contribution in [0.3, 0.4) is 0 Å². The molecule has 0 atom stereocenters. The van der Waals surface area contributed by atoms with Gasteiger partial charge in [0.15, 0.2) is 0 Å². The van der Waals surface area contributed by atoms with Crippen molar-refractivity contribution in [3.05, 3.63) is 29.3 Å². The largest absolute Gasteiger partial charge is 0.493 e. The first-order chi connectivity index (χ1) is 7.00. The van der Waals surface area contributed by atoms with Crippen LogP contribution in [0, 0.1) is 12.8 Å². The number of aryl methyl sites for hydroxylation is 1. The Kier molecular flexibility index (Phi) is 3.72. The first-order valence-electron chi connectivity index (χ1n) is 4.97. The number of rotatable bonds is 4. The topological polar surface area (TPSA) is 46.5 Å². The standard InChI is InChI=1S/C12H16O3/c1-8(2)7-15-10-5-4-9(3)11(6-10)12(13)14/h4-6,8H,7H2,1-3H3,(H,13,14). The second-order valence-electron chi connectivity index (χ2n) is 3.99. The van der Waals surface area contributed by atoms with Gasteiger partial charge in [-0.25, -0.2) is 4.79 Å². The van der Waals surface area contributed by atoms with Crippen molar-refractivity contribution < 1.29 is 14.6 Å². The zero-order chi connectivity index (χ0) is 11.4. The predicted molar refractivity (Wildman–Crippen MR) is 58.5 cm³/mol. The van der Waals surface area contributed by atoms with Crippen LogP contribution >= 0.6 is 0 Å². The lowest BCUT2D eigenvalue weighted by atomic mass is 10.1. The van der Waals surface area contributed by atoms with E-state index >= 15 is 0 Å². The van der Waals surface area contributed by atoms with Gasteiger partial charge in [-0.05, 0) is 30.5 Å². The van der Waals surface area contributed by atoms with Crippen molar-refractivity contribution in [1.82, 2.24) is 0 Å². The monoisotopic (exact) mass is 208 g/mol. The number of carboxylic acid groups (broad SMARTS) is 1. The fourth-order valence-corrected chi connectivity index (χ4v) is 1.18. The number of carbonyl (C=O) groups is 1. The first-order valence-corrected chi connectivity index (χ1v) is 4.97. The van der Waals surface area contributed by atoms with E-state index in [-0.39, 0.29) is 0 Å². The fraction of sp³-hybridized carbons (Fsp3) is 0.417. The van der Waals surface area contributed by atoms with Gasteiger partial charge in [-0.1, -0.05) is 19.9 Å². The van der Waals surface area contributed by atoms with Gasteiger partial charge in [0.25, 0.3) is 0 Å². The van der Waals surface area contributed by atoms with Crippen LogP contribution in [0.4, 0.5) is 0 Å². The second kappa shape index (κ2) is 4.82. The summed E-state index contributed by atoms with van der Waals surface area (Å²) in [6.45, 7) is 6.47. The smallest absolute Gasteiger partial charge is 0.336 e. The molecule has 0 unspecified atom stereocenters. The summed E-state index contributed by atoms with van der Waals surface area (Å²) in [6, 6.07) is 5.13. The summed E-state index contributed by atoms with van der Waals surface area (Å²) in [6.07, 6.45) is 0. The molecule has 1 aromatic carbocycles. The summed E-state index contributed by atoms with van der Waals surface area (Å²) in [5, 5.41) is 8.91. The van der Waals surface area contributed by atoms with Gasteiger partial charge in [-0.15, -0.1) is 0 Å². The van der Waals surface area contributed by atoms with Crippen LogP contribution in [0.2, 0.25) is 0 Å². The number of ether oxygens (including phenoxy) is 1. The maximum absolute atomic E-state index is 10.9. The number of hydrogen-bond acceptors (Lipinski definition) is 2. The van der Waals surface area contributed by atoms with Gasteiger partial charge in [0.05, 0.1) is 12.2 Å². The van der Waals surface area contributed by atoms with Crippen molar-refractivity contribution in [2.45, 2.75) is 20.8 Å². The molecule has 15 heavy (non-hydrogen) atoms. The highest BCUT2D eigenvalue weighted by atomic mass is 16.5. The highest BCUT2D eigenvalue weighted by Crippen LogP contribution is 2.18. The zero-order valence-electron chi connectivity index (χ0n) is 9.28. The van der Waals surface area contributed by atoms with Gasteiger partial charge in [-0.3, -0.25) is 0 Å². The summed E-state index contributed by atoms with van der Waals surface area (Å²) in [5.41, 5.74) is 1.05. The van der Waals surface area contributed by atoms with E-state index in [1.807, 2.05) is 13.8 Å². The van der Waals surface area contributed by atoms with Gasteiger partial charge in [0.2, 0.25) is 0 Å². The molecule has 3 nitrogen and oxygen atoms in total. The van der Waals surface area contributed by atoms with E-state index in [1.165, 1.54) is 0 Å². The lowest BCUT2D eigenvalue weighted by Crippen LogP contribution is -2.06. The minimum absolute atomic E-state index is 0.302. The van der Waals surface area contributed by atoms with Gasteiger partial charge >= 0.3 is 5.97 Å². The van der Waals surface area contributed by atoms with Crippen LogP contribution in [0.1, 0.15) is 29.8 Å². The molecule has 1 aromatic rings. The second-order valence-corrected chi connectivity index (χ2v) is 3.99. The minimum Gasteiger partial charge on any atom is -0.493 e. The number of aromatic carboxylic acids is 1. The van der Waals surface area contributed by atoms with Gasteiger partial charge in [0, 0.05) is 0 Å². The Morgan fingerprint density at radius 1 is 1.47 bits per heavy atom. The Morgan fingerprint density at radius 3 is 2.67 bits per heavy atom. The number of benzene rings is 1. The molecule has 0 fully saturated rings. The number of hydrogen-bond donors (Lipinski definition) is 1. The molecule has 0 saturated carbocycles. The molecule has 82 valence electrons. The highest BCUT2D eigenvalue weighted by molar-refractivity contribution is 5.89. The molecule has 0 radical (unpaired) electrons. The molecule has 0 heterocycles. The average molecular weight is 208 g/mol. The third-order valence-electron chi connectivity index (χ3n) is 2.02. The number of carboxylic acids is 1. The van der Waals surface area contributed by atoms with Crippen LogP contribution in [0.15, 0.2) is 18.2 Å². The fourth-order valence-electron chi connectivity index (χ4n) is 1.18. The molecule has 0 saturated heterocycles. The minimum atomic E-state index is -0.914. The maximum Gasteiger partial charge on any atom is 0.336 e. The highest BCUT2D eigenvalue weighted by Gasteiger charge is 2.08. The molecule has 0 aliphatic carbocycles. The van der Waals surface area contributed by atoms with E-state index in [9.17, 15) is 4.79 Å². The van der Waals surface area contributed by atoms with Crippen LogP contribution in [-0.2, 0) is 0 Å². The molecule has 1 N–H and O–H groups in total. The molecule has 3 heteroatoms. The van der Waals surface area contributed by atoms with Crippen LogP contribution in [0.25, 0.3) is 0 Å².